The highest BCUT2D eigenvalue weighted by atomic mass is 35.5. The monoisotopic (exact) mass is 386 g/mol. The maximum atomic E-state index is 12.7. The number of rotatable bonds is 4. The van der Waals surface area contributed by atoms with Crippen LogP contribution in [-0.2, 0) is 12.0 Å². The summed E-state index contributed by atoms with van der Waals surface area (Å²) in [4.78, 5) is 15.0. The van der Waals surface area contributed by atoms with Crippen molar-refractivity contribution in [1.82, 2.24) is 4.90 Å². The molecule has 0 unspecified atom stereocenters. The van der Waals surface area contributed by atoms with Crippen molar-refractivity contribution in [2.75, 3.05) is 18.9 Å². The Balaban J connectivity index is 1.81. The minimum atomic E-state index is -0.185. The highest BCUT2D eigenvalue weighted by molar-refractivity contribution is 6.32. The van der Waals surface area contributed by atoms with Crippen LogP contribution in [-0.4, -0.2) is 30.5 Å². The van der Waals surface area contributed by atoms with Gasteiger partial charge in [0.25, 0.3) is 5.91 Å². The molecule has 27 heavy (non-hydrogen) atoms. The average molecular weight is 387 g/mol. The molecule has 5 heteroatoms. The van der Waals surface area contributed by atoms with Gasteiger partial charge in [-0.05, 0) is 82.6 Å². The Morgan fingerprint density at radius 1 is 1.22 bits per heavy atom. The van der Waals surface area contributed by atoms with E-state index in [4.69, 9.17) is 16.3 Å². The molecule has 0 aliphatic carbocycles. The minimum absolute atomic E-state index is 0.0270. The van der Waals surface area contributed by atoms with Crippen LogP contribution in [0.4, 0.5) is 5.69 Å². The second-order valence-corrected chi connectivity index (χ2v) is 8.28. The number of carbonyl (C=O) groups is 1. The van der Waals surface area contributed by atoms with Crippen molar-refractivity contribution in [2.24, 2.45) is 0 Å². The third-order valence-electron chi connectivity index (χ3n) is 5.25. The Kier molecular flexibility index (Phi) is 5.50. The summed E-state index contributed by atoms with van der Waals surface area (Å²) in [5.41, 5.74) is 3.83. The Hall–Kier alpha value is -2.04. The number of likely N-dealkylation sites (N-methyl/N-ethyl adjacent to an activating group) is 1. The SMILES string of the molecule is CC(C)Oc1ccc(C(=O)Nc2ccc3c(c2)C(C)(C)N(C)CC3)cc1Cl. The van der Waals surface area contributed by atoms with Gasteiger partial charge in [0, 0.05) is 23.3 Å². The number of nitrogens with zero attached hydrogens (tertiary/aromatic N) is 1. The molecule has 0 spiro atoms. The first kappa shape index (κ1) is 19.7. The zero-order chi connectivity index (χ0) is 19.8. The van der Waals surface area contributed by atoms with E-state index in [-0.39, 0.29) is 17.6 Å². The normalized spacial score (nSPS) is 16.1. The van der Waals surface area contributed by atoms with E-state index in [1.165, 1.54) is 11.1 Å². The maximum absolute atomic E-state index is 12.7. The molecule has 4 nitrogen and oxygen atoms in total. The fourth-order valence-electron chi connectivity index (χ4n) is 3.41. The average Bonchev–Trinajstić information content (AvgIpc) is 2.60. The van der Waals surface area contributed by atoms with Crippen molar-refractivity contribution in [3.63, 3.8) is 0 Å². The zero-order valence-electron chi connectivity index (χ0n) is 16.6. The minimum Gasteiger partial charge on any atom is -0.489 e. The van der Waals surface area contributed by atoms with Crippen LogP contribution in [0.25, 0.3) is 0 Å². The van der Waals surface area contributed by atoms with Gasteiger partial charge in [0.05, 0.1) is 11.1 Å². The third kappa shape index (κ3) is 4.12. The second kappa shape index (κ2) is 7.53. The Labute approximate surface area is 166 Å². The number of nitrogens with one attached hydrogen (secondary N) is 1. The predicted octanol–water partition coefficient (Wildman–Crippen LogP) is 5.10. The molecule has 1 N–H and O–H groups in total. The number of hydrogen-bond acceptors (Lipinski definition) is 3. The molecule has 0 bridgehead atoms. The zero-order valence-corrected chi connectivity index (χ0v) is 17.4. The van der Waals surface area contributed by atoms with Crippen LogP contribution >= 0.6 is 11.6 Å². The number of halogens is 1. The van der Waals surface area contributed by atoms with Crippen molar-refractivity contribution >= 4 is 23.2 Å². The topological polar surface area (TPSA) is 41.6 Å². The first-order valence-electron chi connectivity index (χ1n) is 9.30. The highest BCUT2D eigenvalue weighted by Gasteiger charge is 2.32. The number of ether oxygens (including phenoxy) is 1. The van der Waals surface area contributed by atoms with Crippen LogP contribution in [0.15, 0.2) is 36.4 Å². The number of amides is 1. The van der Waals surface area contributed by atoms with Crippen LogP contribution in [0.5, 0.6) is 5.75 Å². The summed E-state index contributed by atoms with van der Waals surface area (Å²) < 4.78 is 5.62. The van der Waals surface area contributed by atoms with E-state index in [1.54, 1.807) is 18.2 Å². The van der Waals surface area contributed by atoms with Gasteiger partial charge in [0.15, 0.2) is 0 Å². The second-order valence-electron chi connectivity index (χ2n) is 7.87. The molecule has 2 aromatic rings. The lowest BCUT2D eigenvalue weighted by atomic mass is 9.83. The Morgan fingerprint density at radius 3 is 2.63 bits per heavy atom. The third-order valence-corrected chi connectivity index (χ3v) is 5.55. The summed E-state index contributed by atoms with van der Waals surface area (Å²) in [5, 5.41) is 3.43. The van der Waals surface area contributed by atoms with E-state index in [2.05, 4.69) is 43.2 Å². The number of carbonyl (C=O) groups excluding carboxylic acids is 1. The van der Waals surface area contributed by atoms with E-state index in [1.807, 2.05) is 19.9 Å². The van der Waals surface area contributed by atoms with Crippen molar-refractivity contribution in [3.8, 4) is 5.75 Å². The number of anilines is 1. The Bertz CT molecular complexity index is 861. The molecule has 1 aliphatic heterocycles. The fraction of sp³-hybridized carbons (Fsp3) is 0.409. The largest absolute Gasteiger partial charge is 0.489 e. The lowest BCUT2D eigenvalue weighted by Crippen LogP contribution is -2.44. The molecule has 3 rings (SSSR count). The standard InChI is InChI=1S/C22H27ClN2O2/c1-14(2)27-20-9-7-16(12-19(20)23)21(26)24-17-8-6-15-10-11-25(5)22(3,4)18(15)13-17/h6-9,12-14H,10-11H2,1-5H3,(H,24,26). The number of fused-ring (bicyclic) bond motifs is 1. The van der Waals surface area contributed by atoms with Gasteiger partial charge >= 0.3 is 0 Å². The van der Waals surface area contributed by atoms with Gasteiger partial charge in [-0.1, -0.05) is 17.7 Å². The molecule has 144 valence electrons. The molecule has 0 fully saturated rings. The molecule has 0 atom stereocenters. The van der Waals surface area contributed by atoms with Gasteiger partial charge in [-0.3, -0.25) is 9.69 Å². The molecule has 1 amide bonds. The molecular weight excluding hydrogens is 360 g/mol. The summed E-state index contributed by atoms with van der Waals surface area (Å²) in [6.07, 6.45) is 1.05. The molecule has 0 saturated heterocycles. The molecule has 0 aromatic heterocycles. The van der Waals surface area contributed by atoms with E-state index in [0.29, 0.717) is 16.3 Å². The van der Waals surface area contributed by atoms with Crippen LogP contribution in [0.2, 0.25) is 5.02 Å². The maximum Gasteiger partial charge on any atom is 0.255 e. The lowest BCUT2D eigenvalue weighted by molar-refractivity contribution is 0.102. The molecule has 2 aromatic carbocycles. The van der Waals surface area contributed by atoms with Gasteiger partial charge in [-0.25, -0.2) is 0 Å². The quantitative estimate of drug-likeness (QED) is 0.794. The van der Waals surface area contributed by atoms with Crippen molar-refractivity contribution in [3.05, 3.63) is 58.1 Å². The first-order chi connectivity index (χ1) is 12.7. The summed E-state index contributed by atoms with van der Waals surface area (Å²) in [6.45, 7) is 9.33. The van der Waals surface area contributed by atoms with E-state index in [0.717, 1.165) is 18.7 Å². The molecule has 1 heterocycles. The summed E-state index contributed by atoms with van der Waals surface area (Å²) in [6, 6.07) is 11.3. The Morgan fingerprint density at radius 2 is 1.96 bits per heavy atom. The van der Waals surface area contributed by atoms with Gasteiger partial charge in [0.2, 0.25) is 0 Å². The fourth-order valence-corrected chi connectivity index (χ4v) is 3.63. The van der Waals surface area contributed by atoms with E-state index in [9.17, 15) is 4.79 Å². The van der Waals surface area contributed by atoms with Crippen LogP contribution in [0.3, 0.4) is 0 Å². The van der Waals surface area contributed by atoms with Gasteiger partial charge in [-0.2, -0.15) is 0 Å². The van der Waals surface area contributed by atoms with Crippen LogP contribution < -0.4 is 10.1 Å². The van der Waals surface area contributed by atoms with Gasteiger partial charge in [0.1, 0.15) is 5.75 Å². The van der Waals surface area contributed by atoms with E-state index >= 15 is 0 Å². The van der Waals surface area contributed by atoms with Crippen molar-refractivity contribution in [1.29, 1.82) is 0 Å². The van der Waals surface area contributed by atoms with Crippen molar-refractivity contribution < 1.29 is 9.53 Å². The summed E-state index contributed by atoms with van der Waals surface area (Å²) >= 11 is 6.26. The summed E-state index contributed by atoms with van der Waals surface area (Å²) in [7, 11) is 2.14. The molecule has 0 radical (unpaired) electrons. The van der Waals surface area contributed by atoms with Crippen LogP contribution in [0, 0.1) is 0 Å². The van der Waals surface area contributed by atoms with Crippen molar-refractivity contribution in [2.45, 2.75) is 45.8 Å². The van der Waals surface area contributed by atoms with Crippen LogP contribution in [0.1, 0.15) is 49.2 Å². The number of hydrogen-bond donors (Lipinski definition) is 1. The van der Waals surface area contributed by atoms with Gasteiger partial charge < -0.3 is 10.1 Å². The molecular formula is C22H27ClN2O2. The van der Waals surface area contributed by atoms with E-state index < -0.39 is 0 Å². The molecule has 0 saturated carbocycles. The van der Waals surface area contributed by atoms with Gasteiger partial charge in [-0.15, -0.1) is 0 Å². The predicted molar refractivity (Wildman–Crippen MR) is 111 cm³/mol. The number of benzene rings is 2. The highest BCUT2D eigenvalue weighted by Crippen LogP contribution is 2.35. The summed E-state index contributed by atoms with van der Waals surface area (Å²) in [5.74, 6) is 0.400. The first-order valence-corrected chi connectivity index (χ1v) is 9.68. The molecule has 1 aliphatic rings. The smallest absolute Gasteiger partial charge is 0.255 e. The lowest BCUT2D eigenvalue weighted by Gasteiger charge is -2.41.